The van der Waals surface area contributed by atoms with Gasteiger partial charge in [0, 0.05) is 0 Å². The molecule has 0 aromatic heterocycles. The highest BCUT2D eigenvalue weighted by atomic mass is 79.9. The van der Waals surface area contributed by atoms with Crippen molar-refractivity contribution in [3.63, 3.8) is 0 Å². The van der Waals surface area contributed by atoms with Crippen LogP contribution in [-0.4, -0.2) is 61.3 Å². The number of hydrogen-bond donors (Lipinski definition) is 0. The summed E-state index contributed by atoms with van der Waals surface area (Å²) in [5.41, 5.74) is 0. The quantitative estimate of drug-likeness (QED) is 0.504. The smallest absolute Gasteiger partial charge is 0.129 e. The molecule has 2 nitrogen and oxygen atoms in total. The van der Waals surface area contributed by atoms with E-state index in [9.17, 15) is 0 Å². The van der Waals surface area contributed by atoms with Gasteiger partial charge in [0.2, 0.25) is 0 Å². The summed E-state index contributed by atoms with van der Waals surface area (Å²) in [6.45, 7) is 12.0. The minimum Gasteiger partial charge on any atom is -1.00 e. The van der Waals surface area contributed by atoms with Crippen molar-refractivity contribution >= 4 is 0 Å². The molecule has 0 aromatic carbocycles. The van der Waals surface area contributed by atoms with Gasteiger partial charge in [0.05, 0.1) is 26.2 Å². The Morgan fingerprint density at radius 2 is 0.647 bits per heavy atom. The van der Waals surface area contributed by atoms with E-state index in [1.165, 1.54) is 99.8 Å². The highest BCUT2D eigenvalue weighted by Gasteiger charge is 2.42. The van der Waals surface area contributed by atoms with E-state index in [-0.39, 0.29) is 17.0 Å². The number of piperazine rings is 1. The Labute approximate surface area is 117 Å². The molecule has 3 fully saturated rings. The Balaban J connectivity index is 0.00000108. The Morgan fingerprint density at radius 1 is 0.353 bits per heavy atom. The zero-order chi connectivity index (χ0) is 10.9. The molecule has 0 N–H and O–H groups in total. The van der Waals surface area contributed by atoms with Crippen LogP contribution < -0.4 is 17.0 Å². The summed E-state index contributed by atoms with van der Waals surface area (Å²) in [5, 5.41) is 0. The van der Waals surface area contributed by atoms with Crippen molar-refractivity contribution in [1.82, 2.24) is 0 Å². The van der Waals surface area contributed by atoms with E-state index < -0.39 is 0 Å². The van der Waals surface area contributed by atoms with Gasteiger partial charge in [0.25, 0.3) is 0 Å². The number of halogens is 1. The van der Waals surface area contributed by atoms with Gasteiger partial charge < -0.3 is 25.9 Å². The van der Waals surface area contributed by atoms with Gasteiger partial charge in [-0.15, -0.1) is 0 Å². The van der Waals surface area contributed by atoms with Crippen LogP contribution in [0.2, 0.25) is 0 Å². The summed E-state index contributed by atoms with van der Waals surface area (Å²) in [5.74, 6) is 0. The number of hydrogen-bond acceptors (Lipinski definition) is 0. The van der Waals surface area contributed by atoms with E-state index >= 15 is 0 Å². The lowest BCUT2D eigenvalue weighted by atomic mass is 10.0. The van der Waals surface area contributed by atoms with Crippen molar-refractivity contribution in [2.75, 3.05) is 52.4 Å². The Hall–Kier alpha value is 0.400. The molecule has 0 atom stereocenters. The first-order valence-electron chi connectivity index (χ1n) is 7.53. The summed E-state index contributed by atoms with van der Waals surface area (Å²) < 4.78 is 3.00. The maximum atomic E-state index is 1.50. The normalized spacial score (nSPS) is 31.1. The average Bonchev–Trinajstić information content (AvgIpc) is 2.36. The molecule has 100 valence electrons. The van der Waals surface area contributed by atoms with Crippen LogP contribution in [0.25, 0.3) is 0 Å². The highest BCUT2D eigenvalue weighted by Crippen LogP contribution is 2.27. The zero-order valence-corrected chi connectivity index (χ0v) is 12.8. The Morgan fingerprint density at radius 3 is 0.941 bits per heavy atom. The summed E-state index contributed by atoms with van der Waals surface area (Å²) in [4.78, 5) is 0. The molecular formula is C14H28BrN2+. The van der Waals surface area contributed by atoms with Gasteiger partial charge in [-0.05, 0) is 38.5 Å². The fourth-order valence-corrected chi connectivity index (χ4v) is 4.33. The third-order valence-corrected chi connectivity index (χ3v) is 5.63. The van der Waals surface area contributed by atoms with Crippen LogP contribution in [0.15, 0.2) is 0 Å². The van der Waals surface area contributed by atoms with E-state index in [0.717, 1.165) is 0 Å². The van der Waals surface area contributed by atoms with Crippen LogP contribution >= 0.6 is 0 Å². The van der Waals surface area contributed by atoms with Crippen molar-refractivity contribution in [3.05, 3.63) is 0 Å². The molecule has 0 aromatic rings. The van der Waals surface area contributed by atoms with Gasteiger partial charge in [-0.2, -0.15) is 0 Å². The predicted molar refractivity (Wildman–Crippen MR) is 67.2 cm³/mol. The molecule has 0 saturated carbocycles. The number of rotatable bonds is 0. The molecule has 0 amide bonds. The van der Waals surface area contributed by atoms with Crippen LogP contribution in [0.5, 0.6) is 0 Å². The first kappa shape index (κ1) is 13.8. The second kappa shape index (κ2) is 5.58. The summed E-state index contributed by atoms with van der Waals surface area (Å²) in [6.07, 6.45) is 9.00. The van der Waals surface area contributed by atoms with Crippen molar-refractivity contribution in [2.45, 2.75) is 38.5 Å². The van der Waals surface area contributed by atoms with E-state index in [0.29, 0.717) is 0 Å². The molecule has 3 aliphatic heterocycles. The van der Waals surface area contributed by atoms with Gasteiger partial charge in [0.1, 0.15) is 26.2 Å². The summed E-state index contributed by atoms with van der Waals surface area (Å²) in [7, 11) is 0. The molecule has 0 bridgehead atoms. The lowest BCUT2D eigenvalue weighted by Crippen LogP contribution is -3.00. The molecule has 17 heavy (non-hydrogen) atoms. The highest BCUT2D eigenvalue weighted by molar-refractivity contribution is 4.62. The molecule has 2 spiro atoms. The second-order valence-electron chi connectivity index (χ2n) is 6.59. The zero-order valence-electron chi connectivity index (χ0n) is 11.2. The second-order valence-corrected chi connectivity index (χ2v) is 6.59. The van der Waals surface area contributed by atoms with Gasteiger partial charge >= 0.3 is 0 Å². The van der Waals surface area contributed by atoms with Gasteiger partial charge in [0.15, 0.2) is 0 Å². The van der Waals surface area contributed by atoms with Gasteiger partial charge in [-0.25, -0.2) is 0 Å². The lowest BCUT2D eigenvalue weighted by Gasteiger charge is -2.52. The molecule has 3 heteroatoms. The van der Waals surface area contributed by atoms with Crippen molar-refractivity contribution in [3.8, 4) is 0 Å². The molecule has 3 heterocycles. The molecule has 0 radical (unpaired) electrons. The molecule has 3 aliphatic rings. The fourth-order valence-electron chi connectivity index (χ4n) is 4.33. The van der Waals surface area contributed by atoms with Crippen LogP contribution in [-0.2, 0) is 0 Å². The third-order valence-electron chi connectivity index (χ3n) is 5.63. The maximum absolute atomic E-state index is 1.50. The van der Waals surface area contributed by atoms with Crippen LogP contribution in [0.1, 0.15) is 38.5 Å². The monoisotopic (exact) mass is 303 g/mol. The van der Waals surface area contributed by atoms with E-state index in [1.54, 1.807) is 0 Å². The van der Waals surface area contributed by atoms with Crippen LogP contribution in [0, 0.1) is 0 Å². The minimum atomic E-state index is 0. The first-order chi connectivity index (χ1) is 7.83. The van der Waals surface area contributed by atoms with Crippen LogP contribution in [0.4, 0.5) is 0 Å². The fraction of sp³-hybridized carbons (Fsp3) is 1.00. The molecule has 3 rings (SSSR count). The maximum Gasteiger partial charge on any atom is 0.129 e. The topological polar surface area (TPSA) is 0 Å². The SMILES string of the molecule is C1CC[N+]2(CC1)CC[N+]1(CCCCC1)CC2.[Br-]. The predicted octanol–water partition coefficient (Wildman–Crippen LogP) is -0.995. The number of quaternary nitrogens is 2. The molecular weight excluding hydrogens is 276 g/mol. The van der Waals surface area contributed by atoms with Gasteiger partial charge in [-0.3, -0.25) is 0 Å². The molecule has 3 saturated heterocycles. The van der Waals surface area contributed by atoms with E-state index in [4.69, 9.17) is 0 Å². The Bertz CT molecular complexity index is 205. The first-order valence-corrected chi connectivity index (χ1v) is 7.53. The molecule has 0 unspecified atom stereocenters. The average molecular weight is 304 g/mol. The number of piperidine rings is 2. The lowest BCUT2D eigenvalue weighted by molar-refractivity contribution is -1.03. The van der Waals surface area contributed by atoms with Crippen molar-refractivity contribution < 1.29 is 25.9 Å². The van der Waals surface area contributed by atoms with E-state index in [2.05, 4.69) is 0 Å². The number of nitrogens with zero attached hydrogens (tertiary/aromatic N) is 2. The molecule has 0 aliphatic carbocycles. The van der Waals surface area contributed by atoms with Crippen LogP contribution in [0.3, 0.4) is 0 Å². The van der Waals surface area contributed by atoms with E-state index in [1.807, 2.05) is 0 Å². The summed E-state index contributed by atoms with van der Waals surface area (Å²) in [6, 6.07) is 0. The standard InChI is InChI=1S/C14H28N2.BrH/c1-3-7-15(8-4-1)11-13-16(14-12-15)9-5-2-6-10-16;/h1-14H2;1H/q+2;/p-1. The summed E-state index contributed by atoms with van der Waals surface area (Å²) >= 11 is 0. The minimum absolute atomic E-state index is 0. The third kappa shape index (κ3) is 2.87. The van der Waals surface area contributed by atoms with Crippen molar-refractivity contribution in [1.29, 1.82) is 0 Å². The van der Waals surface area contributed by atoms with Crippen molar-refractivity contribution in [2.24, 2.45) is 0 Å². The van der Waals surface area contributed by atoms with Gasteiger partial charge in [-0.1, -0.05) is 0 Å². The Kier molecular flexibility index (Phi) is 4.54. The largest absolute Gasteiger partial charge is 1.00 e.